The topological polar surface area (TPSA) is 79.7 Å². The molecule has 0 bridgehead atoms. The van der Waals surface area contributed by atoms with Gasteiger partial charge in [0.2, 0.25) is 5.95 Å². The maximum Gasteiger partial charge on any atom is 0.229 e. The molecule has 0 aliphatic rings. The first-order valence-corrected chi connectivity index (χ1v) is 9.40. The summed E-state index contributed by atoms with van der Waals surface area (Å²) in [7, 11) is 1.87. The van der Waals surface area contributed by atoms with Gasteiger partial charge in [-0.1, -0.05) is 36.9 Å². The first-order chi connectivity index (χ1) is 14.1. The number of anilines is 3. The number of likely N-dealkylation sites (N-methyl/N-ethyl adjacent to an activating group) is 1. The van der Waals surface area contributed by atoms with E-state index in [0.717, 1.165) is 34.9 Å². The Balaban J connectivity index is 0. The van der Waals surface area contributed by atoms with E-state index in [1.165, 1.54) is 0 Å². The molecule has 0 aliphatic heterocycles. The van der Waals surface area contributed by atoms with Crippen molar-refractivity contribution in [3.05, 3.63) is 85.5 Å². The second-order valence-electron chi connectivity index (χ2n) is 6.30. The molecule has 0 saturated heterocycles. The fourth-order valence-corrected chi connectivity index (χ4v) is 2.75. The predicted molar refractivity (Wildman–Crippen MR) is 126 cm³/mol. The zero-order chi connectivity index (χ0) is 21.2. The van der Waals surface area contributed by atoms with E-state index >= 15 is 0 Å². The lowest BCUT2D eigenvalue weighted by molar-refractivity contribution is 0.749. The number of hydrogen-bond donors (Lipinski definition) is 3. The molecule has 2 aromatic heterocycles. The first kappa shape index (κ1) is 21.7. The minimum Gasteiger partial charge on any atom is -0.387 e. The van der Waals surface area contributed by atoms with Crippen LogP contribution in [0.1, 0.15) is 28.4 Å². The Kier molecular flexibility index (Phi) is 7.97. The summed E-state index contributed by atoms with van der Waals surface area (Å²) in [6, 6.07) is 10.1. The number of rotatable bonds is 8. The number of benzene rings is 1. The largest absolute Gasteiger partial charge is 0.387 e. The molecule has 0 spiro atoms. The molecule has 0 radical (unpaired) electrons. The average Bonchev–Trinajstić information content (AvgIpc) is 3.15. The zero-order valence-electron chi connectivity index (χ0n) is 17.3. The number of nitrogens with one attached hydrogen (secondary N) is 3. The maximum atomic E-state index is 4.65. The van der Waals surface area contributed by atoms with Crippen LogP contribution in [0.3, 0.4) is 0 Å². The van der Waals surface area contributed by atoms with Crippen LogP contribution in [0.25, 0.3) is 0 Å². The van der Waals surface area contributed by atoms with E-state index in [9.17, 15) is 0 Å². The molecule has 0 fully saturated rings. The van der Waals surface area contributed by atoms with Crippen LogP contribution in [0.2, 0.25) is 0 Å². The SMILES string of the molecule is C=C.C=C(NCC)[C@@H](Nc1nc(Nc2cnn(C)c2)ncc1C)c1ccccc1.[HH].[HH].[HH]. The van der Waals surface area contributed by atoms with Crippen LogP contribution in [-0.2, 0) is 7.05 Å². The second-order valence-corrected chi connectivity index (χ2v) is 6.30. The molecule has 29 heavy (non-hydrogen) atoms. The fraction of sp³-hybridized carbons (Fsp3) is 0.227. The standard InChI is InChI=1S/C20H25N7.C2H4.3H2/c1-5-21-15(3)18(16-9-7-6-8-10-16)25-19-14(2)11-22-20(26-19)24-17-12-23-27(4)13-17;1-2;;;/h6-13,18,21H,3,5H2,1-2,4H3,(H2,22,24,25,26);1-2H2;3*1H/t18-;;;;/m1..../s1. The van der Waals surface area contributed by atoms with Crippen molar-refractivity contribution in [2.75, 3.05) is 17.2 Å². The third-order valence-electron chi connectivity index (χ3n) is 4.10. The van der Waals surface area contributed by atoms with E-state index in [0.29, 0.717) is 5.95 Å². The van der Waals surface area contributed by atoms with Crippen LogP contribution < -0.4 is 16.0 Å². The molecule has 3 N–H and O–H groups in total. The Morgan fingerprint density at radius 2 is 1.93 bits per heavy atom. The van der Waals surface area contributed by atoms with Crippen molar-refractivity contribution in [1.29, 1.82) is 0 Å². The number of aryl methyl sites for hydroxylation is 2. The fourth-order valence-electron chi connectivity index (χ4n) is 2.75. The summed E-state index contributed by atoms with van der Waals surface area (Å²) in [5.41, 5.74) is 3.80. The van der Waals surface area contributed by atoms with Crippen LogP contribution in [0, 0.1) is 6.92 Å². The van der Waals surface area contributed by atoms with Gasteiger partial charge in [0, 0.05) is 41.5 Å². The van der Waals surface area contributed by atoms with Crippen molar-refractivity contribution in [2.45, 2.75) is 19.9 Å². The maximum absolute atomic E-state index is 4.65. The Labute approximate surface area is 177 Å². The minimum absolute atomic E-state index is 0. The van der Waals surface area contributed by atoms with Gasteiger partial charge >= 0.3 is 0 Å². The van der Waals surface area contributed by atoms with Gasteiger partial charge in [-0.3, -0.25) is 4.68 Å². The molecular formula is C22H35N7. The van der Waals surface area contributed by atoms with Gasteiger partial charge in [-0.15, -0.1) is 13.2 Å². The monoisotopic (exact) mass is 397 g/mol. The molecule has 3 aromatic rings. The van der Waals surface area contributed by atoms with Gasteiger partial charge in [-0.2, -0.15) is 10.1 Å². The lowest BCUT2D eigenvalue weighted by atomic mass is 10.0. The summed E-state index contributed by atoms with van der Waals surface area (Å²) < 4.78 is 1.72. The summed E-state index contributed by atoms with van der Waals surface area (Å²) in [4.78, 5) is 9.01. The van der Waals surface area contributed by atoms with E-state index < -0.39 is 0 Å². The highest BCUT2D eigenvalue weighted by Gasteiger charge is 2.17. The number of aromatic nitrogens is 4. The number of nitrogens with zero attached hydrogens (tertiary/aromatic N) is 4. The molecule has 0 unspecified atom stereocenters. The van der Waals surface area contributed by atoms with Crippen LogP contribution in [0.5, 0.6) is 0 Å². The Morgan fingerprint density at radius 3 is 2.55 bits per heavy atom. The molecule has 0 saturated carbocycles. The van der Waals surface area contributed by atoms with Crippen molar-refractivity contribution in [1.82, 2.24) is 25.1 Å². The van der Waals surface area contributed by atoms with Crippen molar-refractivity contribution in [3.8, 4) is 0 Å². The van der Waals surface area contributed by atoms with Gasteiger partial charge in [0.25, 0.3) is 0 Å². The smallest absolute Gasteiger partial charge is 0.229 e. The summed E-state index contributed by atoms with van der Waals surface area (Å²) in [5.74, 6) is 1.27. The van der Waals surface area contributed by atoms with E-state index in [-0.39, 0.29) is 10.3 Å². The Hall–Kier alpha value is -3.61. The highest BCUT2D eigenvalue weighted by Crippen LogP contribution is 2.26. The van der Waals surface area contributed by atoms with Gasteiger partial charge < -0.3 is 16.0 Å². The molecule has 158 valence electrons. The van der Waals surface area contributed by atoms with Crippen molar-refractivity contribution in [2.24, 2.45) is 7.05 Å². The van der Waals surface area contributed by atoms with Gasteiger partial charge in [0.1, 0.15) is 5.82 Å². The summed E-state index contributed by atoms with van der Waals surface area (Å²) in [6.07, 6.45) is 5.40. The van der Waals surface area contributed by atoms with E-state index in [1.54, 1.807) is 17.1 Å². The predicted octanol–water partition coefficient (Wildman–Crippen LogP) is 5.08. The molecule has 0 aliphatic carbocycles. The van der Waals surface area contributed by atoms with Crippen molar-refractivity contribution in [3.63, 3.8) is 0 Å². The summed E-state index contributed by atoms with van der Waals surface area (Å²) in [6.45, 7) is 15.0. The average molecular weight is 398 g/mol. The molecule has 7 nitrogen and oxygen atoms in total. The minimum atomic E-state index is -0.106. The van der Waals surface area contributed by atoms with Gasteiger partial charge in [-0.25, -0.2) is 4.98 Å². The summed E-state index contributed by atoms with van der Waals surface area (Å²) in [5, 5.41) is 14.1. The second kappa shape index (κ2) is 10.7. The third kappa shape index (κ3) is 5.93. The molecular weight excluding hydrogens is 362 g/mol. The molecule has 0 amide bonds. The van der Waals surface area contributed by atoms with E-state index in [1.807, 2.05) is 38.4 Å². The third-order valence-corrected chi connectivity index (χ3v) is 4.10. The Morgan fingerprint density at radius 1 is 1.21 bits per heavy atom. The molecule has 7 heteroatoms. The molecule has 1 atom stereocenters. The quantitative estimate of drug-likeness (QED) is 0.460. The van der Waals surface area contributed by atoms with Crippen LogP contribution in [0.4, 0.5) is 17.5 Å². The first-order valence-electron chi connectivity index (χ1n) is 9.40. The number of hydrogen-bond acceptors (Lipinski definition) is 6. The lowest BCUT2D eigenvalue weighted by Gasteiger charge is -2.24. The highest BCUT2D eigenvalue weighted by atomic mass is 15.3. The molecule has 1 aromatic carbocycles. The lowest BCUT2D eigenvalue weighted by Crippen LogP contribution is -2.24. The molecule has 2 heterocycles. The van der Waals surface area contributed by atoms with Gasteiger partial charge in [0.15, 0.2) is 0 Å². The van der Waals surface area contributed by atoms with Crippen LogP contribution in [0.15, 0.2) is 74.4 Å². The van der Waals surface area contributed by atoms with E-state index in [2.05, 4.69) is 69.8 Å². The summed E-state index contributed by atoms with van der Waals surface area (Å²) >= 11 is 0. The molecule has 3 rings (SSSR count). The van der Waals surface area contributed by atoms with Crippen molar-refractivity contribution >= 4 is 17.5 Å². The zero-order valence-corrected chi connectivity index (χ0v) is 17.3. The van der Waals surface area contributed by atoms with Crippen molar-refractivity contribution < 1.29 is 4.28 Å². The van der Waals surface area contributed by atoms with Gasteiger partial charge in [-0.05, 0) is 19.4 Å². The van der Waals surface area contributed by atoms with Crippen LogP contribution in [-0.4, -0.2) is 26.3 Å². The van der Waals surface area contributed by atoms with Crippen LogP contribution >= 0.6 is 0 Å². The normalized spacial score (nSPS) is 11.0. The van der Waals surface area contributed by atoms with Gasteiger partial charge in [0.05, 0.1) is 17.9 Å². The Bertz CT molecular complexity index is 932. The van der Waals surface area contributed by atoms with E-state index in [4.69, 9.17) is 0 Å². The highest BCUT2D eigenvalue weighted by molar-refractivity contribution is 5.55.